The summed E-state index contributed by atoms with van der Waals surface area (Å²) in [4.78, 5) is 18.6. The van der Waals surface area contributed by atoms with Crippen LogP contribution in [-0.4, -0.2) is 33.8 Å². The highest BCUT2D eigenvalue weighted by Gasteiger charge is 2.19. The van der Waals surface area contributed by atoms with Gasteiger partial charge in [-0.25, -0.2) is 4.98 Å². The summed E-state index contributed by atoms with van der Waals surface area (Å²) < 4.78 is 1.92. The van der Waals surface area contributed by atoms with Gasteiger partial charge in [0.1, 0.15) is 0 Å². The Morgan fingerprint density at radius 2 is 2.12 bits per heavy atom. The molecule has 1 unspecified atom stereocenters. The molecule has 1 aliphatic heterocycles. The number of carbonyl (C=O) groups excluding carboxylic acids is 1. The number of aromatic nitrogens is 3. The Hall–Kier alpha value is -1.73. The van der Waals surface area contributed by atoms with Crippen molar-refractivity contribution < 1.29 is 4.79 Å². The van der Waals surface area contributed by atoms with Gasteiger partial charge in [-0.1, -0.05) is 12.8 Å². The molecule has 25 heavy (non-hydrogen) atoms. The second kappa shape index (κ2) is 7.66. The fourth-order valence-electron chi connectivity index (χ4n) is 3.64. The minimum atomic E-state index is -0.114. The van der Waals surface area contributed by atoms with Crippen molar-refractivity contribution in [2.75, 3.05) is 18.4 Å². The van der Waals surface area contributed by atoms with Crippen molar-refractivity contribution in [2.24, 2.45) is 0 Å². The van der Waals surface area contributed by atoms with Crippen LogP contribution in [0.1, 0.15) is 65.5 Å². The van der Waals surface area contributed by atoms with Gasteiger partial charge >= 0.3 is 0 Å². The molecular weight excluding hydrogens is 334 g/mol. The summed E-state index contributed by atoms with van der Waals surface area (Å²) >= 11 is 1.64. The summed E-state index contributed by atoms with van der Waals surface area (Å²) in [6.07, 6.45) is 12.9. The van der Waals surface area contributed by atoms with E-state index in [9.17, 15) is 4.79 Å². The van der Waals surface area contributed by atoms with Crippen LogP contribution in [0.25, 0.3) is 0 Å². The third-order valence-electron chi connectivity index (χ3n) is 5.07. The third-order valence-corrected chi connectivity index (χ3v) is 6.15. The van der Waals surface area contributed by atoms with Crippen LogP contribution in [0.4, 0.5) is 5.13 Å². The smallest absolute Gasteiger partial charge is 0.260 e. The van der Waals surface area contributed by atoms with Crippen LogP contribution < -0.4 is 10.6 Å². The predicted octanol–water partition coefficient (Wildman–Crippen LogP) is 3.18. The molecule has 0 aromatic carbocycles. The standard InChI is InChI=1S/C18H25N5OS/c24-17(13-10-20-23(12-13)14-6-5-9-19-11-14)22-18-21-15-7-3-1-2-4-8-16(15)25-18/h10,12,14,19H,1-9,11H2,(H,21,22,24). The summed E-state index contributed by atoms with van der Waals surface area (Å²) in [6.45, 7) is 1.99. The molecular formula is C18H25N5OS. The van der Waals surface area contributed by atoms with Gasteiger partial charge in [-0.15, -0.1) is 11.3 Å². The number of rotatable bonds is 3. The molecule has 0 spiro atoms. The van der Waals surface area contributed by atoms with Crippen molar-refractivity contribution >= 4 is 22.4 Å². The van der Waals surface area contributed by atoms with Crippen LogP contribution in [0.3, 0.4) is 0 Å². The van der Waals surface area contributed by atoms with Crippen LogP contribution >= 0.6 is 11.3 Å². The fraction of sp³-hybridized carbons (Fsp3) is 0.611. The minimum absolute atomic E-state index is 0.114. The lowest BCUT2D eigenvalue weighted by Gasteiger charge is -2.22. The molecule has 134 valence electrons. The van der Waals surface area contributed by atoms with Gasteiger partial charge in [0.2, 0.25) is 0 Å². The highest BCUT2D eigenvalue weighted by atomic mass is 32.1. The van der Waals surface area contributed by atoms with Crippen molar-refractivity contribution in [3.8, 4) is 0 Å². The SMILES string of the molecule is O=C(Nc1nc2c(s1)CCCCCC2)c1cnn(C2CCCNC2)c1. The van der Waals surface area contributed by atoms with E-state index < -0.39 is 0 Å². The molecule has 2 aromatic rings. The highest BCUT2D eigenvalue weighted by Crippen LogP contribution is 2.28. The molecule has 2 aromatic heterocycles. The number of hydrogen-bond donors (Lipinski definition) is 2. The lowest BCUT2D eigenvalue weighted by atomic mass is 10.0. The first-order valence-corrected chi connectivity index (χ1v) is 10.2. The molecule has 2 N–H and O–H groups in total. The normalized spacial score (nSPS) is 21.2. The second-order valence-corrected chi connectivity index (χ2v) is 8.05. The van der Waals surface area contributed by atoms with Gasteiger partial charge in [-0.05, 0) is 45.1 Å². The zero-order valence-electron chi connectivity index (χ0n) is 14.5. The molecule has 1 aliphatic carbocycles. The Morgan fingerprint density at radius 1 is 1.24 bits per heavy atom. The van der Waals surface area contributed by atoms with E-state index in [4.69, 9.17) is 0 Å². The van der Waals surface area contributed by atoms with E-state index in [1.54, 1.807) is 17.5 Å². The van der Waals surface area contributed by atoms with Crippen molar-refractivity contribution in [1.29, 1.82) is 0 Å². The number of hydrogen-bond acceptors (Lipinski definition) is 5. The van der Waals surface area contributed by atoms with E-state index in [1.165, 1.54) is 36.3 Å². The van der Waals surface area contributed by atoms with Gasteiger partial charge in [-0.3, -0.25) is 14.8 Å². The fourth-order valence-corrected chi connectivity index (χ4v) is 4.69. The van der Waals surface area contributed by atoms with Gasteiger partial charge in [-0.2, -0.15) is 5.10 Å². The van der Waals surface area contributed by atoms with Gasteiger partial charge < -0.3 is 5.32 Å². The molecule has 3 heterocycles. The molecule has 1 saturated heterocycles. The van der Waals surface area contributed by atoms with Gasteiger partial charge in [0.05, 0.1) is 23.5 Å². The van der Waals surface area contributed by atoms with E-state index in [0.717, 1.165) is 43.9 Å². The Bertz CT molecular complexity index is 706. The molecule has 2 aliphatic rings. The van der Waals surface area contributed by atoms with E-state index in [2.05, 4.69) is 20.7 Å². The first-order chi connectivity index (χ1) is 12.3. The number of nitrogens with one attached hydrogen (secondary N) is 2. The number of carbonyl (C=O) groups is 1. The highest BCUT2D eigenvalue weighted by molar-refractivity contribution is 7.15. The van der Waals surface area contributed by atoms with E-state index in [0.29, 0.717) is 11.6 Å². The first kappa shape index (κ1) is 16.7. The van der Waals surface area contributed by atoms with Crippen molar-refractivity contribution in [1.82, 2.24) is 20.1 Å². The summed E-state index contributed by atoms with van der Waals surface area (Å²) in [5, 5.41) is 11.5. The maximum Gasteiger partial charge on any atom is 0.260 e. The molecule has 4 rings (SSSR count). The zero-order chi connectivity index (χ0) is 17.1. The molecule has 6 nitrogen and oxygen atoms in total. The molecule has 1 fully saturated rings. The topological polar surface area (TPSA) is 71.8 Å². The molecule has 0 bridgehead atoms. The second-order valence-electron chi connectivity index (χ2n) is 6.97. The van der Waals surface area contributed by atoms with E-state index in [-0.39, 0.29) is 5.91 Å². The predicted molar refractivity (Wildman–Crippen MR) is 99.3 cm³/mol. The number of anilines is 1. The number of piperidine rings is 1. The van der Waals surface area contributed by atoms with Crippen molar-refractivity contribution in [3.63, 3.8) is 0 Å². The van der Waals surface area contributed by atoms with Gasteiger partial charge in [0.25, 0.3) is 5.91 Å². The van der Waals surface area contributed by atoms with Crippen LogP contribution in [0, 0.1) is 0 Å². The van der Waals surface area contributed by atoms with Crippen LogP contribution in [0.2, 0.25) is 0 Å². The summed E-state index contributed by atoms with van der Waals surface area (Å²) in [6, 6.07) is 0.343. The average Bonchev–Trinajstić information content (AvgIpc) is 3.23. The number of aryl methyl sites for hydroxylation is 2. The molecule has 0 saturated carbocycles. The summed E-state index contributed by atoms with van der Waals surface area (Å²) in [5.41, 5.74) is 1.79. The lowest BCUT2D eigenvalue weighted by molar-refractivity contribution is 0.102. The molecule has 0 radical (unpaired) electrons. The first-order valence-electron chi connectivity index (χ1n) is 9.34. The van der Waals surface area contributed by atoms with Gasteiger partial charge in [0, 0.05) is 17.6 Å². The molecule has 1 atom stereocenters. The maximum atomic E-state index is 12.5. The van der Waals surface area contributed by atoms with E-state index >= 15 is 0 Å². The number of amides is 1. The Balaban J connectivity index is 1.43. The average molecular weight is 359 g/mol. The van der Waals surface area contributed by atoms with Crippen molar-refractivity contribution in [2.45, 2.75) is 57.4 Å². The minimum Gasteiger partial charge on any atom is -0.315 e. The third kappa shape index (κ3) is 3.93. The summed E-state index contributed by atoms with van der Waals surface area (Å²) in [7, 11) is 0. The Morgan fingerprint density at radius 3 is 2.96 bits per heavy atom. The van der Waals surface area contributed by atoms with Crippen LogP contribution in [-0.2, 0) is 12.8 Å². The largest absolute Gasteiger partial charge is 0.315 e. The number of fused-ring (bicyclic) bond motifs is 1. The number of thiazole rings is 1. The lowest BCUT2D eigenvalue weighted by Crippen LogP contribution is -2.31. The Kier molecular flexibility index (Phi) is 5.12. The van der Waals surface area contributed by atoms with Crippen LogP contribution in [0.15, 0.2) is 12.4 Å². The summed E-state index contributed by atoms with van der Waals surface area (Å²) in [5.74, 6) is -0.114. The zero-order valence-corrected chi connectivity index (χ0v) is 15.3. The Labute approximate surface area is 152 Å². The molecule has 7 heteroatoms. The quantitative estimate of drug-likeness (QED) is 0.883. The van der Waals surface area contributed by atoms with Crippen molar-refractivity contribution in [3.05, 3.63) is 28.5 Å². The molecule has 1 amide bonds. The number of nitrogens with zero attached hydrogens (tertiary/aromatic N) is 3. The van der Waals surface area contributed by atoms with Crippen LogP contribution in [0.5, 0.6) is 0 Å². The maximum absolute atomic E-state index is 12.5. The van der Waals surface area contributed by atoms with E-state index in [1.807, 2.05) is 10.9 Å². The van der Waals surface area contributed by atoms with Gasteiger partial charge in [0.15, 0.2) is 5.13 Å². The monoisotopic (exact) mass is 359 g/mol.